The van der Waals surface area contributed by atoms with Gasteiger partial charge in [-0.2, -0.15) is 0 Å². The van der Waals surface area contributed by atoms with Gasteiger partial charge in [-0.3, -0.25) is 0 Å². The van der Waals surface area contributed by atoms with Crippen LogP contribution >= 0.6 is 12.2 Å². The smallest absolute Gasteiger partial charge is 0.164 e. The van der Waals surface area contributed by atoms with Crippen molar-refractivity contribution in [3.05, 3.63) is 0 Å². The Balaban J connectivity index is 4.16. The van der Waals surface area contributed by atoms with E-state index in [2.05, 4.69) is 26.1 Å². The minimum absolute atomic E-state index is 0.131. The standard InChI is InChI=1S/C8H18N2S/c1-4-8(5-2,6-3)10-7(9)11/h4-6H2,1-3H3,(H3,9,10,11). The third kappa shape index (κ3) is 3.06. The van der Waals surface area contributed by atoms with Crippen molar-refractivity contribution in [3.63, 3.8) is 0 Å². The van der Waals surface area contributed by atoms with Crippen LogP contribution in [0.15, 0.2) is 0 Å². The van der Waals surface area contributed by atoms with Crippen LogP contribution in [0.5, 0.6) is 0 Å². The van der Waals surface area contributed by atoms with Gasteiger partial charge in [0.15, 0.2) is 5.11 Å². The number of thiocarbonyl (C=S) groups is 1. The average molecular weight is 174 g/mol. The Morgan fingerprint density at radius 3 is 1.73 bits per heavy atom. The van der Waals surface area contributed by atoms with Crippen molar-refractivity contribution < 1.29 is 0 Å². The summed E-state index contributed by atoms with van der Waals surface area (Å²) in [4.78, 5) is 0. The second kappa shape index (κ2) is 4.54. The van der Waals surface area contributed by atoms with Crippen LogP contribution in [0.4, 0.5) is 0 Å². The zero-order valence-electron chi connectivity index (χ0n) is 7.61. The minimum Gasteiger partial charge on any atom is -0.376 e. The molecule has 0 rings (SSSR count). The van der Waals surface area contributed by atoms with Gasteiger partial charge >= 0.3 is 0 Å². The van der Waals surface area contributed by atoms with Gasteiger partial charge in [0.1, 0.15) is 0 Å². The lowest BCUT2D eigenvalue weighted by Crippen LogP contribution is -2.49. The van der Waals surface area contributed by atoms with E-state index in [-0.39, 0.29) is 5.54 Å². The largest absolute Gasteiger partial charge is 0.376 e. The zero-order chi connectivity index (χ0) is 8.91. The Kier molecular flexibility index (Phi) is 4.42. The second-order valence-electron chi connectivity index (χ2n) is 2.83. The van der Waals surface area contributed by atoms with Crippen LogP contribution in [0, 0.1) is 0 Å². The SMILES string of the molecule is CCC(CC)(CC)NC(N)=S. The van der Waals surface area contributed by atoms with E-state index >= 15 is 0 Å². The Bertz CT molecular complexity index is 122. The molecule has 0 fully saturated rings. The molecule has 0 aliphatic rings. The fraction of sp³-hybridized carbons (Fsp3) is 0.875. The van der Waals surface area contributed by atoms with Crippen molar-refractivity contribution in [1.82, 2.24) is 5.32 Å². The molecule has 0 radical (unpaired) electrons. The molecule has 0 spiro atoms. The Morgan fingerprint density at radius 1 is 1.27 bits per heavy atom. The lowest BCUT2D eigenvalue weighted by atomic mass is 9.90. The minimum atomic E-state index is 0.131. The van der Waals surface area contributed by atoms with Crippen molar-refractivity contribution in [2.24, 2.45) is 5.73 Å². The molecule has 3 heteroatoms. The summed E-state index contributed by atoms with van der Waals surface area (Å²) in [5.74, 6) is 0. The summed E-state index contributed by atoms with van der Waals surface area (Å²) in [5, 5.41) is 3.56. The fourth-order valence-corrected chi connectivity index (χ4v) is 1.49. The first kappa shape index (κ1) is 10.7. The average Bonchev–Trinajstić information content (AvgIpc) is 2.00. The van der Waals surface area contributed by atoms with E-state index in [0.29, 0.717) is 5.11 Å². The van der Waals surface area contributed by atoms with Gasteiger partial charge in [-0.15, -0.1) is 0 Å². The molecule has 2 nitrogen and oxygen atoms in total. The Morgan fingerprint density at radius 2 is 1.64 bits per heavy atom. The van der Waals surface area contributed by atoms with Gasteiger partial charge in [0.25, 0.3) is 0 Å². The molecule has 3 N–H and O–H groups in total. The molecule has 0 bridgehead atoms. The number of hydrogen-bond acceptors (Lipinski definition) is 1. The topological polar surface area (TPSA) is 38.0 Å². The van der Waals surface area contributed by atoms with Crippen LogP contribution < -0.4 is 11.1 Å². The van der Waals surface area contributed by atoms with Crippen molar-refractivity contribution in [1.29, 1.82) is 0 Å². The molecular weight excluding hydrogens is 156 g/mol. The maximum absolute atomic E-state index is 5.43. The van der Waals surface area contributed by atoms with E-state index in [1.807, 2.05) is 0 Å². The van der Waals surface area contributed by atoms with Crippen molar-refractivity contribution >= 4 is 17.3 Å². The molecule has 0 aromatic rings. The van der Waals surface area contributed by atoms with E-state index < -0.39 is 0 Å². The quantitative estimate of drug-likeness (QED) is 0.638. The molecule has 0 aliphatic carbocycles. The molecule has 0 aliphatic heterocycles. The second-order valence-corrected chi connectivity index (χ2v) is 3.27. The van der Waals surface area contributed by atoms with Crippen LogP contribution in [0.2, 0.25) is 0 Å². The molecule has 0 saturated carbocycles. The van der Waals surface area contributed by atoms with Crippen molar-refractivity contribution in [3.8, 4) is 0 Å². The van der Waals surface area contributed by atoms with Gasteiger partial charge in [-0.05, 0) is 31.5 Å². The Labute approximate surface area is 74.5 Å². The van der Waals surface area contributed by atoms with E-state index in [4.69, 9.17) is 18.0 Å². The predicted octanol–water partition coefficient (Wildman–Crippen LogP) is 1.79. The number of nitrogens with two attached hydrogens (primary N) is 1. The molecule has 66 valence electrons. The fourth-order valence-electron chi connectivity index (χ4n) is 1.28. The van der Waals surface area contributed by atoms with E-state index in [1.165, 1.54) is 0 Å². The molecule has 0 aromatic carbocycles. The third-order valence-corrected chi connectivity index (χ3v) is 2.52. The van der Waals surface area contributed by atoms with Crippen molar-refractivity contribution in [2.75, 3.05) is 0 Å². The summed E-state index contributed by atoms with van der Waals surface area (Å²) in [5.41, 5.74) is 5.56. The van der Waals surface area contributed by atoms with Crippen LogP contribution in [-0.2, 0) is 0 Å². The van der Waals surface area contributed by atoms with Gasteiger partial charge in [0.05, 0.1) is 0 Å². The van der Waals surface area contributed by atoms with Gasteiger partial charge < -0.3 is 11.1 Å². The molecular formula is C8H18N2S. The van der Waals surface area contributed by atoms with Crippen LogP contribution in [-0.4, -0.2) is 10.7 Å². The number of nitrogens with one attached hydrogen (secondary N) is 1. The summed E-state index contributed by atoms with van der Waals surface area (Å²) in [6, 6.07) is 0. The summed E-state index contributed by atoms with van der Waals surface area (Å²) in [7, 11) is 0. The monoisotopic (exact) mass is 174 g/mol. The zero-order valence-corrected chi connectivity index (χ0v) is 8.42. The molecule has 11 heavy (non-hydrogen) atoms. The van der Waals surface area contributed by atoms with Crippen molar-refractivity contribution in [2.45, 2.75) is 45.6 Å². The molecule has 0 saturated heterocycles. The first-order valence-corrected chi connectivity index (χ1v) is 4.58. The maximum atomic E-state index is 5.43. The van der Waals surface area contributed by atoms with E-state index in [0.717, 1.165) is 19.3 Å². The van der Waals surface area contributed by atoms with Crippen LogP contribution in [0.3, 0.4) is 0 Å². The molecule has 0 heterocycles. The molecule has 0 amide bonds. The number of rotatable bonds is 4. The Hall–Kier alpha value is -0.310. The number of hydrogen-bond donors (Lipinski definition) is 2. The predicted molar refractivity (Wildman–Crippen MR) is 53.5 cm³/mol. The summed E-state index contributed by atoms with van der Waals surface area (Å²) >= 11 is 4.81. The molecule has 0 aromatic heterocycles. The highest BCUT2D eigenvalue weighted by Crippen LogP contribution is 2.18. The normalized spacial score (nSPS) is 11.2. The van der Waals surface area contributed by atoms with Gasteiger partial charge in [-0.25, -0.2) is 0 Å². The van der Waals surface area contributed by atoms with Crippen LogP contribution in [0.25, 0.3) is 0 Å². The molecule has 0 unspecified atom stereocenters. The highest BCUT2D eigenvalue weighted by molar-refractivity contribution is 7.80. The van der Waals surface area contributed by atoms with Gasteiger partial charge in [0, 0.05) is 5.54 Å². The first-order chi connectivity index (χ1) is 5.10. The summed E-state index contributed by atoms with van der Waals surface area (Å²) in [6.07, 6.45) is 3.20. The summed E-state index contributed by atoms with van der Waals surface area (Å²) in [6.45, 7) is 6.45. The maximum Gasteiger partial charge on any atom is 0.164 e. The highest BCUT2D eigenvalue weighted by Gasteiger charge is 2.23. The molecule has 0 atom stereocenters. The van der Waals surface area contributed by atoms with E-state index in [9.17, 15) is 0 Å². The van der Waals surface area contributed by atoms with E-state index in [1.54, 1.807) is 0 Å². The highest BCUT2D eigenvalue weighted by atomic mass is 32.1. The van der Waals surface area contributed by atoms with Crippen LogP contribution in [0.1, 0.15) is 40.0 Å². The third-order valence-electron chi connectivity index (χ3n) is 2.42. The lowest BCUT2D eigenvalue weighted by Gasteiger charge is -2.31. The van der Waals surface area contributed by atoms with Gasteiger partial charge in [0.2, 0.25) is 0 Å². The van der Waals surface area contributed by atoms with Gasteiger partial charge in [-0.1, -0.05) is 20.8 Å². The summed E-state index contributed by atoms with van der Waals surface area (Å²) < 4.78 is 0. The lowest BCUT2D eigenvalue weighted by molar-refractivity contribution is 0.340. The first-order valence-electron chi connectivity index (χ1n) is 4.17.